The van der Waals surface area contributed by atoms with Crippen molar-refractivity contribution in [2.75, 3.05) is 0 Å². The highest BCUT2D eigenvalue weighted by atomic mass is 28.3. The molecule has 0 N–H and O–H groups in total. The third-order valence-electron chi connectivity index (χ3n) is 5.22. The van der Waals surface area contributed by atoms with E-state index >= 15 is 0 Å². The van der Waals surface area contributed by atoms with Gasteiger partial charge in [0.15, 0.2) is 0 Å². The molecule has 0 aliphatic rings. The summed E-state index contributed by atoms with van der Waals surface area (Å²) in [4.78, 5) is 0. The Kier molecular flexibility index (Phi) is 5.64. The van der Waals surface area contributed by atoms with Gasteiger partial charge in [-0.25, -0.2) is 0 Å². The predicted molar refractivity (Wildman–Crippen MR) is 106 cm³/mol. The predicted octanol–water partition coefficient (Wildman–Crippen LogP) is 5.67. The Balaban J connectivity index is 2.26. The third kappa shape index (κ3) is 4.68. The van der Waals surface area contributed by atoms with Crippen molar-refractivity contribution in [3.8, 4) is 0 Å². The summed E-state index contributed by atoms with van der Waals surface area (Å²) in [6.45, 7) is 13.8. The summed E-state index contributed by atoms with van der Waals surface area (Å²) >= 11 is 0. The van der Waals surface area contributed by atoms with Crippen LogP contribution in [0.15, 0.2) is 73.3 Å². The summed E-state index contributed by atoms with van der Waals surface area (Å²) in [5.41, 5.74) is 1.58. The van der Waals surface area contributed by atoms with Crippen LogP contribution in [0.25, 0.3) is 0 Å². The topological polar surface area (TPSA) is 0 Å². The van der Waals surface area contributed by atoms with Gasteiger partial charge >= 0.3 is 0 Å². The molecule has 0 radical (unpaired) electrons. The summed E-state index contributed by atoms with van der Waals surface area (Å²) in [6, 6.07) is 23.3. The van der Waals surface area contributed by atoms with E-state index in [1.165, 1.54) is 11.6 Å². The van der Waals surface area contributed by atoms with Gasteiger partial charge in [-0.1, -0.05) is 98.9 Å². The fourth-order valence-corrected chi connectivity index (χ4v) is 6.52. The molecule has 1 unspecified atom stereocenters. The minimum Gasteiger partial charge on any atom is -0.103 e. The quantitative estimate of drug-likeness (QED) is 0.455. The molecule has 0 aliphatic heterocycles. The molecule has 0 bridgehead atoms. The Morgan fingerprint density at radius 2 is 1.48 bits per heavy atom. The molecule has 0 aliphatic carbocycles. The van der Waals surface area contributed by atoms with E-state index in [4.69, 9.17) is 0 Å². The minimum absolute atomic E-state index is 0.148. The van der Waals surface area contributed by atoms with Crippen molar-refractivity contribution in [2.45, 2.75) is 39.4 Å². The first-order chi connectivity index (χ1) is 10.8. The molecule has 0 saturated heterocycles. The number of hydrogen-bond donors (Lipinski definition) is 0. The van der Waals surface area contributed by atoms with Gasteiger partial charge in [0.05, 0.1) is 8.07 Å². The molecule has 122 valence electrons. The maximum Gasteiger partial charge on any atom is 0.0809 e. The molecule has 2 rings (SSSR count). The van der Waals surface area contributed by atoms with Gasteiger partial charge in [-0.05, 0) is 29.4 Å². The Morgan fingerprint density at radius 1 is 0.957 bits per heavy atom. The second kappa shape index (κ2) is 7.31. The molecule has 0 saturated carbocycles. The molecule has 0 amide bonds. The monoisotopic (exact) mass is 322 g/mol. The molecule has 1 heteroatoms. The second-order valence-electron chi connectivity index (χ2n) is 7.87. The summed E-state index contributed by atoms with van der Waals surface area (Å²) in [5.74, 6) is 0.615. The van der Waals surface area contributed by atoms with Crippen LogP contribution >= 0.6 is 0 Å². The van der Waals surface area contributed by atoms with Crippen molar-refractivity contribution in [3.05, 3.63) is 78.9 Å². The summed E-state index contributed by atoms with van der Waals surface area (Å²) in [5, 5.41) is 1.55. The summed E-state index contributed by atoms with van der Waals surface area (Å²) in [7, 11) is -1.47. The van der Waals surface area contributed by atoms with E-state index in [0.29, 0.717) is 5.92 Å². The van der Waals surface area contributed by atoms with Gasteiger partial charge in [0.25, 0.3) is 0 Å². The average Bonchev–Trinajstić information content (AvgIpc) is 2.56. The van der Waals surface area contributed by atoms with Gasteiger partial charge in [-0.2, -0.15) is 0 Å². The smallest absolute Gasteiger partial charge is 0.0809 e. The van der Waals surface area contributed by atoms with E-state index in [1.54, 1.807) is 5.19 Å². The van der Waals surface area contributed by atoms with Gasteiger partial charge in [-0.15, -0.1) is 6.58 Å². The molecule has 2 aromatic carbocycles. The Bertz CT molecular complexity index is 611. The first kappa shape index (κ1) is 17.7. The largest absolute Gasteiger partial charge is 0.103 e. The van der Waals surface area contributed by atoms with Crippen LogP contribution in [0.4, 0.5) is 0 Å². The lowest BCUT2D eigenvalue weighted by atomic mass is 9.77. The van der Waals surface area contributed by atoms with Crippen LogP contribution in [0.3, 0.4) is 0 Å². The summed E-state index contributed by atoms with van der Waals surface area (Å²) < 4.78 is 0. The molecule has 1 atom stereocenters. The molecular weight excluding hydrogens is 292 g/mol. The zero-order valence-electron chi connectivity index (χ0n) is 15.0. The Labute approximate surface area is 143 Å². The van der Waals surface area contributed by atoms with Crippen LogP contribution in [0, 0.1) is 11.3 Å². The highest BCUT2D eigenvalue weighted by Crippen LogP contribution is 2.37. The molecule has 2 aromatic rings. The normalized spacial score (nSPS) is 13.6. The van der Waals surface area contributed by atoms with E-state index < -0.39 is 8.07 Å². The fourth-order valence-electron chi connectivity index (χ4n) is 3.29. The highest BCUT2D eigenvalue weighted by molar-refractivity contribution is 6.89. The average molecular weight is 323 g/mol. The summed E-state index contributed by atoms with van der Waals surface area (Å²) in [6.07, 6.45) is 3.28. The zero-order chi connectivity index (χ0) is 16.9. The van der Waals surface area contributed by atoms with E-state index in [9.17, 15) is 0 Å². The van der Waals surface area contributed by atoms with Crippen LogP contribution < -0.4 is 5.19 Å². The number of benzene rings is 2. The molecule has 0 nitrogen and oxygen atoms in total. The fraction of sp³-hybridized carbons (Fsp3) is 0.364. The maximum atomic E-state index is 4.11. The first-order valence-electron chi connectivity index (χ1n) is 8.58. The van der Waals surface area contributed by atoms with E-state index in [2.05, 4.69) is 100 Å². The van der Waals surface area contributed by atoms with Crippen molar-refractivity contribution >= 4 is 13.3 Å². The number of hydrogen-bond acceptors (Lipinski definition) is 0. The van der Waals surface area contributed by atoms with Crippen molar-refractivity contribution < 1.29 is 0 Å². The molecule has 0 heterocycles. The van der Waals surface area contributed by atoms with Crippen LogP contribution in [-0.4, -0.2) is 8.07 Å². The van der Waals surface area contributed by atoms with E-state index in [0.717, 1.165) is 6.42 Å². The van der Waals surface area contributed by atoms with Crippen molar-refractivity contribution in [1.29, 1.82) is 0 Å². The van der Waals surface area contributed by atoms with Crippen molar-refractivity contribution in [2.24, 2.45) is 11.3 Å². The minimum atomic E-state index is -1.47. The van der Waals surface area contributed by atoms with Crippen molar-refractivity contribution in [3.63, 3.8) is 0 Å². The van der Waals surface area contributed by atoms with Gasteiger partial charge < -0.3 is 0 Å². The lowest BCUT2D eigenvalue weighted by Crippen LogP contribution is -2.45. The van der Waals surface area contributed by atoms with Crippen LogP contribution in [-0.2, 0) is 6.42 Å². The SMILES string of the molecule is C=CC(C)(C)C(Cc1ccccc1)C[Si](C)(C)c1ccccc1. The molecule has 23 heavy (non-hydrogen) atoms. The van der Waals surface area contributed by atoms with Gasteiger partial charge in [0, 0.05) is 0 Å². The first-order valence-corrected chi connectivity index (χ1v) is 11.8. The number of rotatable bonds is 7. The van der Waals surface area contributed by atoms with Crippen molar-refractivity contribution in [1.82, 2.24) is 0 Å². The Hall–Kier alpha value is -1.60. The highest BCUT2D eigenvalue weighted by Gasteiger charge is 2.34. The van der Waals surface area contributed by atoms with Crippen LogP contribution in [0.5, 0.6) is 0 Å². The van der Waals surface area contributed by atoms with Crippen LogP contribution in [0.2, 0.25) is 19.1 Å². The maximum absolute atomic E-state index is 4.11. The third-order valence-corrected chi connectivity index (χ3v) is 8.62. The van der Waals surface area contributed by atoms with Gasteiger partial charge in [0.1, 0.15) is 0 Å². The molecule has 0 fully saturated rings. The lowest BCUT2D eigenvalue weighted by Gasteiger charge is -2.37. The second-order valence-corrected chi connectivity index (χ2v) is 12.6. The number of allylic oxidation sites excluding steroid dienone is 1. The van der Waals surface area contributed by atoms with Gasteiger partial charge in [0.2, 0.25) is 0 Å². The molecule has 0 aromatic heterocycles. The van der Waals surface area contributed by atoms with Gasteiger partial charge in [-0.3, -0.25) is 0 Å². The standard InChI is InChI=1S/C22H30Si/c1-6-22(2,3)20(17-19-13-9-7-10-14-19)18-23(4,5)21-15-11-8-12-16-21/h6-16,20H,1,17-18H2,2-5H3. The Morgan fingerprint density at radius 3 is 2.00 bits per heavy atom. The zero-order valence-corrected chi connectivity index (χ0v) is 16.0. The lowest BCUT2D eigenvalue weighted by molar-refractivity contribution is 0.304. The molecule has 0 spiro atoms. The van der Waals surface area contributed by atoms with Crippen LogP contribution in [0.1, 0.15) is 19.4 Å². The van der Waals surface area contributed by atoms with E-state index in [-0.39, 0.29) is 5.41 Å². The molecular formula is C22H30Si. The van der Waals surface area contributed by atoms with E-state index in [1.807, 2.05) is 0 Å².